The van der Waals surface area contributed by atoms with Gasteiger partial charge in [-0.3, -0.25) is 4.90 Å². The molecule has 6 heteroatoms. The maximum absolute atomic E-state index is 11.1. The molecular formula is C15H17N3O3. The molecule has 2 aromatic rings. The molecule has 0 radical (unpaired) electrons. The Morgan fingerprint density at radius 1 is 1.33 bits per heavy atom. The summed E-state index contributed by atoms with van der Waals surface area (Å²) in [4.78, 5) is 17.7. The van der Waals surface area contributed by atoms with Crippen molar-refractivity contribution >= 4 is 5.97 Å². The fourth-order valence-electron chi connectivity index (χ4n) is 2.47. The minimum absolute atomic E-state index is 0.201. The number of para-hydroxylation sites is 1. The molecule has 0 unspecified atom stereocenters. The van der Waals surface area contributed by atoms with Gasteiger partial charge in [-0.2, -0.15) is 0 Å². The molecule has 110 valence electrons. The predicted molar refractivity (Wildman–Crippen MR) is 76.4 cm³/mol. The zero-order chi connectivity index (χ0) is 14.7. The molecule has 0 saturated carbocycles. The van der Waals surface area contributed by atoms with E-state index in [9.17, 15) is 4.79 Å². The van der Waals surface area contributed by atoms with Gasteiger partial charge in [-0.25, -0.2) is 9.78 Å². The molecule has 3 rings (SSSR count). The minimum Gasteiger partial charge on any atom is -0.491 e. The second kappa shape index (κ2) is 5.97. The van der Waals surface area contributed by atoms with E-state index in [0.29, 0.717) is 12.4 Å². The maximum Gasteiger partial charge on any atom is 0.339 e. The van der Waals surface area contributed by atoms with Gasteiger partial charge in [0.2, 0.25) is 0 Å². The van der Waals surface area contributed by atoms with Crippen LogP contribution in [0.5, 0.6) is 5.75 Å². The van der Waals surface area contributed by atoms with Crippen molar-refractivity contribution < 1.29 is 14.6 Å². The van der Waals surface area contributed by atoms with Gasteiger partial charge in [0, 0.05) is 32.0 Å². The van der Waals surface area contributed by atoms with Crippen LogP contribution >= 0.6 is 0 Å². The van der Waals surface area contributed by atoms with Crippen LogP contribution in [0, 0.1) is 0 Å². The summed E-state index contributed by atoms with van der Waals surface area (Å²) >= 11 is 0. The van der Waals surface area contributed by atoms with Gasteiger partial charge in [-0.05, 0) is 12.1 Å². The third-order valence-corrected chi connectivity index (χ3v) is 3.61. The first-order chi connectivity index (χ1) is 10.2. The molecule has 0 saturated heterocycles. The lowest BCUT2D eigenvalue weighted by atomic mass is 10.2. The van der Waals surface area contributed by atoms with Crippen LogP contribution in [-0.2, 0) is 13.1 Å². The zero-order valence-corrected chi connectivity index (χ0v) is 11.6. The van der Waals surface area contributed by atoms with Crippen molar-refractivity contribution in [3.8, 4) is 5.75 Å². The Morgan fingerprint density at radius 3 is 3.05 bits per heavy atom. The van der Waals surface area contributed by atoms with Crippen molar-refractivity contribution in [3.05, 3.63) is 48.0 Å². The van der Waals surface area contributed by atoms with Gasteiger partial charge < -0.3 is 14.4 Å². The number of rotatable bonds is 5. The fraction of sp³-hybridized carbons (Fsp3) is 0.333. The summed E-state index contributed by atoms with van der Waals surface area (Å²) in [5, 5.41) is 9.10. The standard InChI is InChI=1S/C15H17N3O3/c19-15(20)12-3-1-2-4-13(12)21-10-9-17-7-8-18-6-5-16-14(18)11-17/h1-6H,7-11H2,(H,19,20). The topological polar surface area (TPSA) is 67.6 Å². The minimum atomic E-state index is -0.967. The number of aromatic carboxylic acids is 1. The number of carbonyl (C=O) groups is 1. The van der Waals surface area contributed by atoms with E-state index in [4.69, 9.17) is 9.84 Å². The summed E-state index contributed by atoms with van der Waals surface area (Å²) in [6.45, 7) is 3.90. The summed E-state index contributed by atoms with van der Waals surface area (Å²) in [6, 6.07) is 6.71. The van der Waals surface area contributed by atoms with Gasteiger partial charge in [0.05, 0.1) is 6.54 Å². The molecule has 1 aliphatic rings. The van der Waals surface area contributed by atoms with Crippen molar-refractivity contribution in [2.75, 3.05) is 19.7 Å². The lowest BCUT2D eigenvalue weighted by molar-refractivity contribution is 0.0691. The highest BCUT2D eigenvalue weighted by atomic mass is 16.5. The van der Waals surface area contributed by atoms with Gasteiger partial charge in [0.15, 0.2) is 0 Å². The third-order valence-electron chi connectivity index (χ3n) is 3.61. The second-order valence-corrected chi connectivity index (χ2v) is 4.96. The monoisotopic (exact) mass is 287 g/mol. The first-order valence-corrected chi connectivity index (χ1v) is 6.91. The number of imidazole rings is 1. The van der Waals surface area contributed by atoms with Crippen molar-refractivity contribution in [1.82, 2.24) is 14.5 Å². The van der Waals surface area contributed by atoms with E-state index in [2.05, 4.69) is 14.5 Å². The third kappa shape index (κ3) is 3.05. The average molecular weight is 287 g/mol. The largest absolute Gasteiger partial charge is 0.491 e. The lowest BCUT2D eigenvalue weighted by Gasteiger charge is -2.27. The molecule has 1 N–H and O–H groups in total. The molecule has 0 amide bonds. The second-order valence-electron chi connectivity index (χ2n) is 4.96. The molecule has 6 nitrogen and oxygen atoms in total. The highest BCUT2D eigenvalue weighted by Gasteiger charge is 2.16. The summed E-state index contributed by atoms with van der Waals surface area (Å²) < 4.78 is 7.77. The van der Waals surface area contributed by atoms with Gasteiger partial charge in [-0.1, -0.05) is 12.1 Å². The van der Waals surface area contributed by atoms with Gasteiger partial charge in [-0.15, -0.1) is 0 Å². The molecule has 0 atom stereocenters. The van der Waals surface area contributed by atoms with Crippen molar-refractivity contribution in [3.63, 3.8) is 0 Å². The predicted octanol–water partition coefficient (Wildman–Crippen LogP) is 1.48. The zero-order valence-electron chi connectivity index (χ0n) is 11.6. The summed E-state index contributed by atoms with van der Waals surface area (Å²) in [6.07, 6.45) is 3.81. The Labute approximate surface area is 122 Å². The Morgan fingerprint density at radius 2 is 2.19 bits per heavy atom. The van der Waals surface area contributed by atoms with E-state index in [-0.39, 0.29) is 5.56 Å². The molecule has 1 aromatic carbocycles. The van der Waals surface area contributed by atoms with Crippen LogP contribution in [0.3, 0.4) is 0 Å². The fourth-order valence-corrected chi connectivity index (χ4v) is 2.47. The number of ether oxygens (including phenoxy) is 1. The van der Waals surface area contributed by atoms with Crippen LogP contribution in [0.25, 0.3) is 0 Å². The van der Waals surface area contributed by atoms with E-state index in [1.54, 1.807) is 24.3 Å². The smallest absolute Gasteiger partial charge is 0.339 e. The Kier molecular flexibility index (Phi) is 3.87. The van der Waals surface area contributed by atoms with Crippen LogP contribution in [0.4, 0.5) is 0 Å². The van der Waals surface area contributed by atoms with Crippen LogP contribution < -0.4 is 4.74 Å². The molecule has 0 bridgehead atoms. The summed E-state index contributed by atoms with van der Waals surface area (Å²) in [5.41, 5.74) is 0.201. The SMILES string of the molecule is O=C(O)c1ccccc1OCCN1CCn2ccnc2C1. The summed E-state index contributed by atoms with van der Waals surface area (Å²) in [7, 11) is 0. The highest BCUT2D eigenvalue weighted by Crippen LogP contribution is 2.18. The number of carboxylic acids is 1. The molecule has 2 heterocycles. The molecule has 0 fully saturated rings. The van der Waals surface area contributed by atoms with E-state index in [1.165, 1.54) is 0 Å². The van der Waals surface area contributed by atoms with Crippen molar-refractivity contribution in [2.45, 2.75) is 13.1 Å². The van der Waals surface area contributed by atoms with E-state index < -0.39 is 5.97 Å². The Bertz CT molecular complexity index is 639. The van der Waals surface area contributed by atoms with Crippen LogP contribution in [-0.4, -0.2) is 45.2 Å². The number of hydrogen-bond donors (Lipinski definition) is 1. The number of aromatic nitrogens is 2. The maximum atomic E-state index is 11.1. The molecular weight excluding hydrogens is 270 g/mol. The van der Waals surface area contributed by atoms with E-state index in [1.807, 2.05) is 12.4 Å². The van der Waals surface area contributed by atoms with Crippen molar-refractivity contribution in [2.24, 2.45) is 0 Å². The first-order valence-electron chi connectivity index (χ1n) is 6.91. The molecule has 0 aliphatic carbocycles. The molecule has 1 aromatic heterocycles. The number of fused-ring (bicyclic) bond motifs is 1. The van der Waals surface area contributed by atoms with Gasteiger partial charge >= 0.3 is 5.97 Å². The quantitative estimate of drug-likeness (QED) is 0.902. The molecule has 1 aliphatic heterocycles. The number of nitrogens with zero attached hydrogens (tertiary/aromatic N) is 3. The van der Waals surface area contributed by atoms with Crippen LogP contribution in [0.1, 0.15) is 16.2 Å². The van der Waals surface area contributed by atoms with Crippen molar-refractivity contribution in [1.29, 1.82) is 0 Å². The average Bonchev–Trinajstić information content (AvgIpc) is 2.95. The summed E-state index contributed by atoms with van der Waals surface area (Å²) in [5.74, 6) is 0.515. The van der Waals surface area contributed by atoms with Gasteiger partial charge in [0.1, 0.15) is 23.7 Å². The molecule has 0 spiro atoms. The molecule has 21 heavy (non-hydrogen) atoms. The Hall–Kier alpha value is -2.34. The first kappa shape index (κ1) is 13.6. The van der Waals surface area contributed by atoms with E-state index >= 15 is 0 Å². The normalized spacial score (nSPS) is 14.7. The van der Waals surface area contributed by atoms with Crippen LogP contribution in [0.15, 0.2) is 36.7 Å². The number of benzene rings is 1. The Balaban J connectivity index is 1.54. The highest BCUT2D eigenvalue weighted by molar-refractivity contribution is 5.90. The van der Waals surface area contributed by atoms with Crippen LogP contribution in [0.2, 0.25) is 0 Å². The number of hydrogen-bond acceptors (Lipinski definition) is 4. The number of carboxylic acid groups (broad SMARTS) is 1. The van der Waals surface area contributed by atoms with Gasteiger partial charge in [0.25, 0.3) is 0 Å². The lowest BCUT2D eigenvalue weighted by Crippen LogP contribution is -2.36. The van der Waals surface area contributed by atoms with E-state index in [0.717, 1.165) is 32.0 Å².